The second kappa shape index (κ2) is 7.95. The average molecular weight is 381 g/mol. The summed E-state index contributed by atoms with van der Waals surface area (Å²) in [5.41, 5.74) is 1.72. The highest BCUT2D eigenvalue weighted by Crippen LogP contribution is 2.32. The van der Waals surface area contributed by atoms with Crippen LogP contribution in [0.5, 0.6) is 17.2 Å². The van der Waals surface area contributed by atoms with Crippen LogP contribution in [0, 0.1) is 0 Å². The molecule has 1 aromatic heterocycles. The minimum Gasteiger partial charge on any atom is -0.484 e. The van der Waals surface area contributed by atoms with Crippen molar-refractivity contribution in [1.82, 2.24) is 25.1 Å². The molecule has 0 N–H and O–H groups in total. The first-order chi connectivity index (χ1) is 13.7. The van der Waals surface area contributed by atoms with E-state index in [9.17, 15) is 4.79 Å². The van der Waals surface area contributed by atoms with Crippen LogP contribution in [-0.4, -0.2) is 51.0 Å². The molecule has 144 valence electrons. The van der Waals surface area contributed by atoms with Crippen LogP contribution in [0.1, 0.15) is 12.5 Å². The molecule has 1 aliphatic rings. The number of aromatic nitrogens is 4. The molecule has 0 spiro atoms. The molecule has 0 saturated carbocycles. The Morgan fingerprint density at radius 2 is 2.11 bits per heavy atom. The minimum absolute atomic E-state index is 0.0581. The van der Waals surface area contributed by atoms with E-state index in [0.29, 0.717) is 24.6 Å². The van der Waals surface area contributed by atoms with Gasteiger partial charge in [-0.3, -0.25) is 4.79 Å². The zero-order chi connectivity index (χ0) is 19.3. The molecular formula is C19H19N5O4. The molecule has 0 atom stereocenters. The maximum Gasteiger partial charge on any atom is 0.260 e. The van der Waals surface area contributed by atoms with Crippen molar-refractivity contribution in [2.45, 2.75) is 13.5 Å². The zero-order valence-corrected chi connectivity index (χ0v) is 15.3. The Morgan fingerprint density at radius 3 is 2.93 bits per heavy atom. The lowest BCUT2D eigenvalue weighted by atomic mass is 10.2. The minimum atomic E-state index is -0.104. The maximum atomic E-state index is 12.6. The number of rotatable bonds is 7. The van der Waals surface area contributed by atoms with Gasteiger partial charge in [0.1, 0.15) is 12.1 Å². The van der Waals surface area contributed by atoms with Crippen LogP contribution in [-0.2, 0) is 11.3 Å². The first-order valence-electron chi connectivity index (χ1n) is 8.85. The lowest BCUT2D eigenvalue weighted by Crippen LogP contribution is -2.34. The molecule has 0 fully saturated rings. The maximum absolute atomic E-state index is 12.6. The van der Waals surface area contributed by atoms with E-state index < -0.39 is 0 Å². The smallest absolute Gasteiger partial charge is 0.260 e. The molecule has 2 aromatic carbocycles. The van der Waals surface area contributed by atoms with Crippen LogP contribution in [0.2, 0.25) is 0 Å². The van der Waals surface area contributed by atoms with E-state index in [0.717, 1.165) is 17.0 Å². The van der Waals surface area contributed by atoms with E-state index in [1.54, 1.807) is 17.0 Å². The number of fused-ring (bicyclic) bond motifs is 1. The van der Waals surface area contributed by atoms with Crippen LogP contribution in [0.15, 0.2) is 48.8 Å². The summed E-state index contributed by atoms with van der Waals surface area (Å²) in [4.78, 5) is 14.3. The Balaban J connectivity index is 1.37. The van der Waals surface area contributed by atoms with Gasteiger partial charge in [-0.1, -0.05) is 12.1 Å². The van der Waals surface area contributed by atoms with Gasteiger partial charge in [-0.2, -0.15) is 0 Å². The van der Waals surface area contributed by atoms with E-state index in [4.69, 9.17) is 14.2 Å². The monoisotopic (exact) mass is 381 g/mol. The van der Waals surface area contributed by atoms with Crippen molar-refractivity contribution in [1.29, 1.82) is 0 Å². The number of likely N-dealkylation sites (N-methyl/N-ethyl adjacent to an activating group) is 1. The Labute approximate surface area is 161 Å². The highest BCUT2D eigenvalue weighted by Gasteiger charge is 2.17. The molecule has 1 amide bonds. The first kappa shape index (κ1) is 17.8. The standard InChI is InChI=1S/C19H19N5O4/c1-2-23(10-14-6-7-17-18(8-14)28-13-27-17)19(25)11-26-16-5-3-4-15(9-16)24-12-20-21-22-24/h3-9,12H,2,10-11,13H2,1H3. The zero-order valence-electron chi connectivity index (χ0n) is 15.3. The third kappa shape index (κ3) is 3.88. The molecule has 0 aliphatic carbocycles. The molecule has 4 rings (SSSR count). The van der Waals surface area contributed by atoms with Crippen LogP contribution < -0.4 is 14.2 Å². The van der Waals surface area contributed by atoms with E-state index >= 15 is 0 Å². The normalized spacial score (nSPS) is 12.0. The number of nitrogens with zero attached hydrogens (tertiary/aromatic N) is 5. The van der Waals surface area contributed by atoms with Crippen molar-refractivity contribution in [3.8, 4) is 22.9 Å². The van der Waals surface area contributed by atoms with Gasteiger partial charge in [0.25, 0.3) is 5.91 Å². The van der Waals surface area contributed by atoms with E-state index in [-0.39, 0.29) is 19.3 Å². The summed E-state index contributed by atoms with van der Waals surface area (Å²) in [6, 6.07) is 12.9. The SMILES string of the molecule is CCN(Cc1ccc2c(c1)OCO2)C(=O)COc1cccc(-n2cnnn2)c1. The summed E-state index contributed by atoms with van der Waals surface area (Å²) in [7, 11) is 0. The number of tetrazole rings is 1. The van der Waals surface area contributed by atoms with Crippen LogP contribution in [0.25, 0.3) is 5.69 Å². The van der Waals surface area contributed by atoms with Gasteiger partial charge in [-0.15, -0.1) is 5.10 Å². The van der Waals surface area contributed by atoms with Crippen molar-refractivity contribution >= 4 is 5.91 Å². The van der Waals surface area contributed by atoms with Gasteiger partial charge in [0.2, 0.25) is 6.79 Å². The van der Waals surface area contributed by atoms with Crippen molar-refractivity contribution in [3.63, 3.8) is 0 Å². The summed E-state index contributed by atoms with van der Waals surface area (Å²) in [6.45, 7) is 3.15. The quantitative estimate of drug-likeness (QED) is 0.616. The summed E-state index contributed by atoms with van der Waals surface area (Å²) in [6.07, 6.45) is 1.49. The summed E-state index contributed by atoms with van der Waals surface area (Å²) < 4.78 is 17.9. The second-order valence-corrected chi connectivity index (χ2v) is 6.14. The summed E-state index contributed by atoms with van der Waals surface area (Å²) in [5.74, 6) is 1.90. The fourth-order valence-corrected chi connectivity index (χ4v) is 2.87. The number of hydrogen-bond donors (Lipinski definition) is 0. The number of hydrogen-bond acceptors (Lipinski definition) is 7. The van der Waals surface area contributed by atoms with Crippen molar-refractivity contribution in [2.75, 3.05) is 19.9 Å². The van der Waals surface area contributed by atoms with Crippen LogP contribution in [0.3, 0.4) is 0 Å². The fraction of sp³-hybridized carbons (Fsp3) is 0.263. The van der Waals surface area contributed by atoms with Gasteiger partial charge in [0, 0.05) is 19.2 Å². The lowest BCUT2D eigenvalue weighted by molar-refractivity contribution is -0.133. The number of ether oxygens (including phenoxy) is 3. The molecule has 0 unspecified atom stereocenters. The molecule has 9 nitrogen and oxygen atoms in total. The second-order valence-electron chi connectivity index (χ2n) is 6.14. The predicted molar refractivity (Wildman–Crippen MR) is 98.3 cm³/mol. The van der Waals surface area contributed by atoms with Crippen LogP contribution >= 0.6 is 0 Å². The van der Waals surface area contributed by atoms with Crippen molar-refractivity contribution in [2.24, 2.45) is 0 Å². The molecule has 0 bridgehead atoms. The van der Waals surface area contributed by atoms with Crippen molar-refractivity contribution in [3.05, 3.63) is 54.4 Å². The largest absolute Gasteiger partial charge is 0.484 e. The number of carbonyl (C=O) groups is 1. The molecule has 3 aromatic rings. The van der Waals surface area contributed by atoms with Gasteiger partial charge in [0.15, 0.2) is 18.1 Å². The van der Waals surface area contributed by atoms with Gasteiger partial charge in [-0.05, 0) is 47.2 Å². The van der Waals surface area contributed by atoms with Gasteiger partial charge in [-0.25, -0.2) is 4.68 Å². The third-order valence-corrected chi connectivity index (χ3v) is 4.34. The number of benzene rings is 2. The van der Waals surface area contributed by atoms with Crippen LogP contribution in [0.4, 0.5) is 0 Å². The Kier molecular flexibility index (Phi) is 5.05. The average Bonchev–Trinajstić information content (AvgIpc) is 3.42. The molecule has 28 heavy (non-hydrogen) atoms. The van der Waals surface area contributed by atoms with E-state index in [1.807, 2.05) is 37.3 Å². The first-order valence-corrected chi connectivity index (χ1v) is 8.85. The molecule has 2 heterocycles. The molecular weight excluding hydrogens is 362 g/mol. The summed E-state index contributed by atoms with van der Waals surface area (Å²) >= 11 is 0. The Bertz CT molecular complexity index is 961. The van der Waals surface area contributed by atoms with Gasteiger partial charge in [0.05, 0.1) is 5.69 Å². The highest BCUT2D eigenvalue weighted by molar-refractivity contribution is 5.77. The molecule has 0 saturated heterocycles. The van der Waals surface area contributed by atoms with Gasteiger partial charge >= 0.3 is 0 Å². The predicted octanol–water partition coefficient (Wildman–Crippen LogP) is 1.82. The Morgan fingerprint density at radius 1 is 1.21 bits per heavy atom. The highest BCUT2D eigenvalue weighted by atomic mass is 16.7. The van der Waals surface area contributed by atoms with E-state index in [2.05, 4.69) is 15.5 Å². The number of amides is 1. The lowest BCUT2D eigenvalue weighted by Gasteiger charge is -2.21. The van der Waals surface area contributed by atoms with E-state index in [1.165, 1.54) is 11.0 Å². The fourth-order valence-electron chi connectivity index (χ4n) is 2.87. The molecule has 9 heteroatoms. The van der Waals surface area contributed by atoms with Crippen molar-refractivity contribution < 1.29 is 19.0 Å². The molecule has 0 radical (unpaired) electrons. The summed E-state index contributed by atoms with van der Waals surface area (Å²) in [5, 5.41) is 11.1. The topological polar surface area (TPSA) is 91.6 Å². The Hall–Kier alpha value is -3.62. The van der Waals surface area contributed by atoms with Gasteiger partial charge < -0.3 is 19.1 Å². The molecule has 1 aliphatic heterocycles. The third-order valence-electron chi connectivity index (χ3n) is 4.34. The number of carbonyl (C=O) groups excluding carboxylic acids is 1.